The molecule has 0 radical (unpaired) electrons. The van der Waals surface area contributed by atoms with E-state index in [1.165, 1.54) is 18.2 Å². The number of hydrogen-bond donors (Lipinski definition) is 0. The van der Waals surface area contributed by atoms with Gasteiger partial charge in [-0.1, -0.05) is 26.8 Å². The van der Waals surface area contributed by atoms with Crippen LogP contribution in [0.5, 0.6) is 0 Å². The van der Waals surface area contributed by atoms with Crippen LogP contribution in [0.4, 0.5) is 14.6 Å². The molecule has 0 bridgehead atoms. The Hall–Kier alpha value is -2.08. The van der Waals surface area contributed by atoms with E-state index in [9.17, 15) is 8.78 Å². The third kappa shape index (κ3) is 3.85. The molecule has 6 heteroatoms. The van der Waals surface area contributed by atoms with E-state index in [1.54, 1.807) is 7.11 Å². The third-order valence-corrected chi connectivity index (χ3v) is 4.65. The molecular weight excluding hydrogens is 336 g/mol. The summed E-state index contributed by atoms with van der Waals surface area (Å²) in [5.74, 6) is 0.388. The Morgan fingerprint density at radius 1 is 1.19 bits per heavy atom. The van der Waals surface area contributed by atoms with Gasteiger partial charge in [0.05, 0.1) is 12.3 Å². The first-order valence-electron chi connectivity index (χ1n) is 8.86. The predicted octanol–water partition coefficient (Wildman–Crippen LogP) is 4.19. The molecule has 1 aromatic carbocycles. The standard InChI is InChI=1S/C20H25F2N3O/c1-20(2,3)19-23-14(12-26-4)10-17(24-19)25-9-8-13(11-25)18-15(21)6-5-7-16(18)22/h5-7,10,13H,8-9,11-12H2,1-4H3. The summed E-state index contributed by atoms with van der Waals surface area (Å²) in [6.07, 6.45) is 0.687. The second kappa shape index (κ2) is 7.27. The molecule has 1 saturated heterocycles. The van der Waals surface area contributed by atoms with Gasteiger partial charge in [-0.15, -0.1) is 0 Å². The van der Waals surface area contributed by atoms with Crippen LogP contribution in [0.3, 0.4) is 0 Å². The van der Waals surface area contributed by atoms with Gasteiger partial charge in [0.15, 0.2) is 0 Å². The third-order valence-electron chi connectivity index (χ3n) is 4.65. The fourth-order valence-electron chi connectivity index (χ4n) is 3.31. The van der Waals surface area contributed by atoms with E-state index in [2.05, 4.69) is 30.7 Å². The maximum absolute atomic E-state index is 14.1. The first-order chi connectivity index (χ1) is 12.3. The number of nitrogens with zero attached hydrogens (tertiary/aromatic N) is 3. The highest BCUT2D eigenvalue weighted by Gasteiger charge is 2.30. The van der Waals surface area contributed by atoms with Gasteiger partial charge < -0.3 is 9.64 Å². The molecule has 1 aliphatic rings. The molecule has 4 nitrogen and oxygen atoms in total. The summed E-state index contributed by atoms with van der Waals surface area (Å²) < 4.78 is 33.5. The zero-order valence-corrected chi connectivity index (χ0v) is 15.7. The van der Waals surface area contributed by atoms with Gasteiger partial charge in [0.1, 0.15) is 23.3 Å². The van der Waals surface area contributed by atoms with Crippen LogP contribution in [-0.4, -0.2) is 30.2 Å². The van der Waals surface area contributed by atoms with Crippen molar-refractivity contribution in [1.82, 2.24) is 9.97 Å². The normalized spacial score (nSPS) is 17.8. The van der Waals surface area contributed by atoms with Crippen LogP contribution in [0.25, 0.3) is 0 Å². The lowest BCUT2D eigenvalue weighted by Gasteiger charge is -2.23. The van der Waals surface area contributed by atoms with Crippen molar-refractivity contribution in [3.05, 3.63) is 53.0 Å². The molecule has 2 aromatic rings. The number of hydrogen-bond acceptors (Lipinski definition) is 4. The summed E-state index contributed by atoms with van der Waals surface area (Å²) >= 11 is 0. The Kier molecular flexibility index (Phi) is 5.23. The number of ether oxygens (including phenoxy) is 1. The van der Waals surface area contributed by atoms with Crippen LogP contribution >= 0.6 is 0 Å². The van der Waals surface area contributed by atoms with E-state index in [-0.39, 0.29) is 16.9 Å². The molecule has 2 heterocycles. The van der Waals surface area contributed by atoms with Crippen molar-refractivity contribution in [3.8, 4) is 0 Å². The second-order valence-corrected chi connectivity index (χ2v) is 7.79. The highest BCUT2D eigenvalue weighted by atomic mass is 19.1. The fourth-order valence-corrected chi connectivity index (χ4v) is 3.31. The maximum Gasteiger partial charge on any atom is 0.136 e. The van der Waals surface area contributed by atoms with E-state index in [4.69, 9.17) is 9.72 Å². The topological polar surface area (TPSA) is 38.2 Å². The van der Waals surface area contributed by atoms with Crippen LogP contribution in [0, 0.1) is 11.6 Å². The van der Waals surface area contributed by atoms with Gasteiger partial charge in [-0.05, 0) is 18.6 Å². The first-order valence-corrected chi connectivity index (χ1v) is 8.86. The van der Waals surface area contributed by atoms with Gasteiger partial charge in [0.25, 0.3) is 0 Å². The second-order valence-electron chi connectivity index (χ2n) is 7.79. The largest absolute Gasteiger partial charge is 0.378 e. The Labute approximate surface area is 153 Å². The van der Waals surface area contributed by atoms with Crippen LogP contribution in [0.2, 0.25) is 0 Å². The number of halogens is 2. The summed E-state index contributed by atoms with van der Waals surface area (Å²) in [6.45, 7) is 7.81. The van der Waals surface area contributed by atoms with Crippen molar-refractivity contribution in [3.63, 3.8) is 0 Å². The Balaban J connectivity index is 1.89. The van der Waals surface area contributed by atoms with Gasteiger partial charge >= 0.3 is 0 Å². The van der Waals surface area contributed by atoms with Crippen LogP contribution in [-0.2, 0) is 16.8 Å². The van der Waals surface area contributed by atoms with Gasteiger partial charge in [-0.3, -0.25) is 0 Å². The fraction of sp³-hybridized carbons (Fsp3) is 0.500. The zero-order chi connectivity index (χ0) is 18.9. The lowest BCUT2D eigenvalue weighted by Crippen LogP contribution is -2.25. The van der Waals surface area contributed by atoms with Gasteiger partial charge in [-0.2, -0.15) is 0 Å². The van der Waals surface area contributed by atoms with E-state index in [0.29, 0.717) is 26.1 Å². The minimum Gasteiger partial charge on any atom is -0.378 e. The average Bonchev–Trinajstić information content (AvgIpc) is 3.03. The molecule has 1 fully saturated rings. The lowest BCUT2D eigenvalue weighted by molar-refractivity contribution is 0.181. The van der Waals surface area contributed by atoms with E-state index in [1.807, 2.05) is 6.07 Å². The van der Waals surface area contributed by atoms with Crippen LogP contribution in [0.15, 0.2) is 24.3 Å². The smallest absolute Gasteiger partial charge is 0.136 e. The van der Waals surface area contributed by atoms with Crippen molar-refractivity contribution >= 4 is 5.82 Å². The molecule has 0 N–H and O–H groups in total. The molecular formula is C20H25F2N3O. The molecule has 0 aliphatic carbocycles. The minimum atomic E-state index is -0.477. The van der Waals surface area contributed by atoms with Crippen molar-refractivity contribution in [2.24, 2.45) is 0 Å². The highest BCUT2D eigenvalue weighted by molar-refractivity contribution is 5.43. The number of rotatable bonds is 4. The number of anilines is 1. The maximum atomic E-state index is 14.1. The summed E-state index contributed by atoms with van der Waals surface area (Å²) in [6, 6.07) is 5.94. The summed E-state index contributed by atoms with van der Waals surface area (Å²) in [7, 11) is 1.63. The molecule has 1 aliphatic heterocycles. The minimum absolute atomic E-state index is 0.178. The molecule has 140 valence electrons. The molecule has 3 rings (SSSR count). The number of methoxy groups -OCH3 is 1. The Morgan fingerprint density at radius 2 is 1.88 bits per heavy atom. The van der Waals surface area contributed by atoms with Gasteiger partial charge in [0.2, 0.25) is 0 Å². The summed E-state index contributed by atoms with van der Waals surface area (Å²) in [4.78, 5) is 11.4. The molecule has 1 aromatic heterocycles. The number of aromatic nitrogens is 2. The molecule has 1 unspecified atom stereocenters. The molecule has 0 amide bonds. The van der Waals surface area contributed by atoms with Crippen molar-refractivity contribution < 1.29 is 13.5 Å². The molecule has 26 heavy (non-hydrogen) atoms. The summed E-state index contributed by atoms with van der Waals surface area (Å²) in [5, 5.41) is 0. The average molecular weight is 361 g/mol. The lowest BCUT2D eigenvalue weighted by atomic mass is 9.95. The molecule has 0 saturated carbocycles. The van der Waals surface area contributed by atoms with Crippen molar-refractivity contribution in [2.75, 3.05) is 25.1 Å². The highest BCUT2D eigenvalue weighted by Crippen LogP contribution is 2.33. The first kappa shape index (κ1) is 18.7. The van der Waals surface area contributed by atoms with Crippen LogP contribution < -0.4 is 4.90 Å². The van der Waals surface area contributed by atoms with Gasteiger partial charge in [0, 0.05) is 43.2 Å². The van der Waals surface area contributed by atoms with Gasteiger partial charge in [-0.25, -0.2) is 18.7 Å². The van der Waals surface area contributed by atoms with Crippen molar-refractivity contribution in [1.29, 1.82) is 0 Å². The van der Waals surface area contributed by atoms with E-state index >= 15 is 0 Å². The monoisotopic (exact) mass is 361 g/mol. The summed E-state index contributed by atoms with van der Waals surface area (Å²) in [5.41, 5.74) is 0.787. The van der Waals surface area contributed by atoms with Crippen LogP contribution in [0.1, 0.15) is 50.2 Å². The Bertz CT molecular complexity index is 769. The van der Waals surface area contributed by atoms with E-state index < -0.39 is 11.6 Å². The molecule has 0 spiro atoms. The Morgan fingerprint density at radius 3 is 2.50 bits per heavy atom. The SMILES string of the molecule is COCc1cc(N2CCC(c3c(F)cccc3F)C2)nc(C(C)(C)C)n1. The van der Waals surface area contributed by atoms with E-state index in [0.717, 1.165) is 17.3 Å². The number of benzene rings is 1. The quantitative estimate of drug-likeness (QED) is 0.818. The molecule has 1 atom stereocenters. The predicted molar refractivity (Wildman–Crippen MR) is 97.4 cm³/mol. The van der Waals surface area contributed by atoms with Crippen molar-refractivity contribution in [2.45, 2.75) is 45.1 Å². The zero-order valence-electron chi connectivity index (χ0n) is 15.7.